The van der Waals surface area contributed by atoms with Crippen molar-refractivity contribution >= 4 is 16.3 Å². The number of amides is 1. The van der Waals surface area contributed by atoms with Gasteiger partial charge in [-0.25, -0.2) is 4.18 Å². The molecule has 43 heavy (non-hydrogen) atoms. The van der Waals surface area contributed by atoms with Crippen molar-refractivity contribution < 1.29 is 32.2 Å². The Morgan fingerprint density at radius 3 is 1.33 bits per heavy atom. The minimum Gasteiger partial charge on any atom is -0.394 e. The van der Waals surface area contributed by atoms with E-state index >= 15 is 0 Å². The standard InChI is InChI=1S/C34H69NO7S/c1-3-5-7-9-11-13-15-17-19-21-23-25-27-29-33(37)35-31(30-36)34(38)32(42-43(39,40)41)28-26-24-22-20-18-16-14-12-10-8-6-4-2/h31-32,34,36,38H,3-30H2,1-2H3,(H,35,37)(H,39,40,41)/t31-,32+,34-/m1/s1. The van der Waals surface area contributed by atoms with E-state index in [-0.39, 0.29) is 18.7 Å². The van der Waals surface area contributed by atoms with E-state index in [1.165, 1.54) is 116 Å². The van der Waals surface area contributed by atoms with Crippen molar-refractivity contribution in [1.29, 1.82) is 0 Å². The zero-order valence-corrected chi connectivity index (χ0v) is 28.7. The third kappa shape index (κ3) is 28.5. The SMILES string of the molecule is CCCCCCCCCCCCCCCC(=O)N[C@H](CO)[C@@H](O)[C@H](CCCCCCCCCCCCCC)OS(=O)(=O)O. The lowest BCUT2D eigenvalue weighted by molar-refractivity contribution is -0.124. The number of carbonyl (C=O) groups is 1. The highest BCUT2D eigenvalue weighted by atomic mass is 32.3. The Bertz CT molecular complexity index is 720. The molecule has 0 aliphatic heterocycles. The van der Waals surface area contributed by atoms with Crippen LogP contribution < -0.4 is 5.32 Å². The molecule has 0 aromatic rings. The van der Waals surface area contributed by atoms with Gasteiger partial charge in [-0.15, -0.1) is 0 Å². The predicted molar refractivity (Wildman–Crippen MR) is 177 cm³/mol. The van der Waals surface area contributed by atoms with Crippen LogP contribution in [0.3, 0.4) is 0 Å². The van der Waals surface area contributed by atoms with Crippen LogP contribution in [0.1, 0.15) is 187 Å². The third-order valence-corrected chi connectivity index (χ3v) is 8.92. The van der Waals surface area contributed by atoms with E-state index in [2.05, 4.69) is 19.2 Å². The maximum absolute atomic E-state index is 12.5. The lowest BCUT2D eigenvalue weighted by Crippen LogP contribution is -2.51. The van der Waals surface area contributed by atoms with E-state index in [9.17, 15) is 28.0 Å². The van der Waals surface area contributed by atoms with Gasteiger partial charge in [0.05, 0.1) is 12.6 Å². The predicted octanol–water partition coefficient (Wildman–Crippen LogP) is 8.58. The first kappa shape index (κ1) is 42.3. The van der Waals surface area contributed by atoms with Crippen LogP contribution >= 0.6 is 0 Å². The number of carbonyl (C=O) groups excluding carboxylic acids is 1. The fourth-order valence-electron chi connectivity index (χ4n) is 5.70. The summed E-state index contributed by atoms with van der Waals surface area (Å²) in [5.74, 6) is -0.294. The average molecular weight is 636 g/mol. The number of aliphatic hydroxyl groups is 2. The summed E-state index contributed by atoms with van der Waals surface area (Å²) in [6, 6.07) is -1.07. The topological polar surface area (TPSA) is 133 Å². The summed E-state index contributed by atoms with van der Waals surface area (Å²) in [5.41, 5.74) is 0. The van der Waals surface area contributed by atoms with Crippen LogP contribution in [0.2, 0.25) is 0 Å². The first-order valence-electron chi connectivity index (χ1n) is 18.0. The molecule has 0 spiro atoms. The monoisotopic (exact) mass is 635 g/mol. The van der Waals surface area contributed by atoms with Crippen molar-refractivity contribution in [2.75, 3.05) is 6.61 Å². The van der Waals surface area contributed by atoms with Gasteiger partial charge in [-0.1, -0.05) is 168 Å². The molecule has 9 heteroatoms. The molecule has 0 radical (unpaired) electrons. The molecule has 4 N–H and O–H groups in total. The van der Waals surface area contributed by atoms with Gasteiger partial charge >= 0.3 is 10.4 Å². The minimum atomic E-state index is -4.80. The average Bonchev–Trinajstić information content (AvgIpc) is 2.97. The van der Waals surface area contributed by atoms with Gasteiger partial charge in [0, 0.05) is 6.42 Å². The summed E-state index contributed by atoms with van der Waals surface area (Å²) < 4.78 is 36.8. The Morgan fingerprint density at radius 2 is 0.977 bits per heavy atom. The van der Waals surface area contributed by atoms with Crippen LogP contribution in [0.4, 0.5) is 0 Å². The molecule has 0 saturated carbocycles. The first-order valence-corrected chi connectivity index (χ1v) is 19.4. The molecular formula is C34H69NO7S. The molecule has 0 aromatic carbocycles. The minimum absolute atomic E-state index is 0.198. The van der Waals surface area contributed by atoms with Crippen LogP contribution in [0.5, 0.6) is 0 Å². The number of rotatable bonds is 33. The molecule has 0 rings (SSSR count). The lowest BCUT2D eigenvalue weighted by atomic mass is 9.99. The number of hydrogen-bond donors (Lipinski definition) is 4. The number of hydrogen-bond acceptors (Lipinski definition) is 6. The van der Waals surface area contributed by atoms with Crippen molar-refractivity contribution in [3.05, 3.63) is 0 Å². The van der Waals surface area contributed by atoms with Gasteiger partial charge < -0.3 is 15.5 Å². The smallest absolute Gasteiger partial charge is 0.394 e. The molecule has 0 aliphatic carbocycles. The van der Waals surface area contributed by atoms with Crippen LogP contribution in [-0.2, 0) is 19.4 Å². The third-order valence-electron chi connectivity index (χ3n) is 8.43. The summed E-state index contributed by atoms with van der Waals surface area (Å²) in [5, 5.41) is 23.2. The van der Waals surface area contributed by atoms with Crippen LogP contribution in [0, 0.1) is 0 Å². The number of aliphatic hydroxyl groups excluding tert-OH is 2. The fraction of sp³-hybridized carbons (Fsp3) is 0.971. The Morgan fingerprint density at radius 1 is 0.628 bits per heavy atom. The van der Waals surface area contributed by atoms with Gasteiger partial charge in [-0.2, -0.15) is 8.42 Å². The fourth-order valence-corrected chi connectivity index (χ4v) is 6.22. The van der Waals surface area contributed by atoms with E-state index in [1.54, 1.807) is 0 Å². The second kappa shape index (κ2) is 29.9. The number of nitrogens with one attached hydrogen (secondary N) is 1. The second-order valence-electron chi connectivity index (χ2n) is 12.6. The Labute approximate surface area is 265 Å². The van der Waals surface area contributed by atoms with Crippen LogP contribution in [0.25, 0.3) is 0 Å². The van der Waals surface area contributed by atoms with Gasteiger partial charge in [-0.05, 0) is 12.8 Å². The van der Waals surface area contributed by atoms with Crippen LogP contribution in [-0.4, -0.2) is 53.9 Å². The summed E-state index contributed by atoms with van der Waals surface area (Å²) in [6.07, 6.45) is 27.3. The van der Waals surface area contributed by atoms with Crippen molar-refractivity contribution in [2.45, 2.75) is 205 Å². The van der Waals surface area contributed by atoms with Crippen molar-refractivity contribution in [3.8, 4) is 0 Å². The van der Waals surface area contributed by atoms with Gasteiger partial charge in [-0.3, -0.25) is 9.35 Å². The molecular weight excluding hydrogens is 566 g/mol. The second-order valence-corrected chi connectivity index (χ2v) is 13.6. The largest absolute Gasteiger partial charge is 0.397 e. The molecule has 0 saturated heterocycles. The molecule has 258 valence electrons. The van der Waals surface area contributed by atoms with Gasteiger partial charge in [0.15, 0.2) is 0 Å². The molecule has 1 amide bonds. The Hall–Kier alpha value is -0.740. The van der Waals surface area contributed by atoms with Crippen molar-refractivity contribution in [2.24, 2.45) is 0 Å². The van der Waals surface area contributed by atoms with Crippen molar-refractivity contribution in [1.82, 2.24) is 5.32 Å². The maximum Gasteiger partial charge on any atom is 0.397 e. The zero-order chi connectivity index (χ0) is 32.0. The molecule has 0 heterocycles. The van der Waals surface area contributed by atoms with E-state index in [0.29, 0.717) is 6.42 Å². The van der Waals surface area contributed by atoms with E-state index in [4.69, 9.17) is 4.18 Å². The summed E-state index contributed by atoms with van der Waals surface area (Å²) in [6.45, 7) is 3.91. The molecule has 0 bridgehead atoms. The quantitative estimate of drug-likeness (QED) is 0.0419. The maximum atomic E-state index is 12.5. The van der Waals surface area contributed by atoms with E-state index in [0.717, 1.165) is 38.5 Å². The summed E-state index contributed by atoms with van der Waals surface area (Å²) in [7, 11) is -4.80. The molecule has 0 fully saturated rings. The Balaban J connectivity index is 4.18. The molecule has 3 atom stereocenters. The molecule has 0 aromatic heterocycles. The van der Waals surface area contributed by atoms with E-state index < -0.39 is 35.3 Å². The highest BCUT2D eigenvalue weighted by Crippen LogP contribution is 2.18. The molecule has 8 nitrogen and oxygen atoms in total. The highest BCUT2D eigenvalue weighted by molar-refractivity contribution is 7.80. The lowest BCUT2D eigenvalue weighted by Gasteiger charge is -2.28. The van der Waals surface area contributed by atoms with Crippen LogP contribution in [0.15, 0.2) is 0 Å². The zero-order valence-electron chi connectivity index (χ0n) is 27.9. The van der Waals surface area contributed by atoms with Crippen molar-refractivity contribution in [3.63, 3.8) is 0 Å². The van der Waals surface area contributed by atoms with Gasteiger partial charge in [0.2, 0.25) is 5.91 Å². The van der Waals surface area contributed by atoms with E-state index in [1.807, 2.05) is 0 Å². The number of unbranched alkanes of at least 4 members (excludes halogenated alkanes) is 23. The Kier molecular flexibility index (Phi) is 29.4. The summed E-state index contributed by atoms with van der Waals surface area (Å²) >= 11 is 0. The molecule has 0 aliphatic rings. The molecule has 0 unspecified atom stereocenters. The van der Waals surface area contributed by atoms with Gasteiger partial charge in [0.25, 0.3) is 0 Å². The summed E-state index contributed by atoms with van der Waals surface area (Å²) in [4.78, 5) is 12.5. The first-order chi connectivity index (χ1) is 20.7. The highest BCUT2D eigenvalue weighted by Gasteiger charge is 2.32. The van der Waals surface area contributed by atoms with Gasteiger partial charge in [0.1, 0.15) is 12.2 Å². The normalized spacial score (nSPS) is 14.1.